The van der Waals surface area contributed by atoms with Gasteiger partial charge >= 0.3 is 5.97 Å². The second-order valence-electron chi connectivity index (χ2n) is 6.02. The molecule has 1 aromatic carbocycles. The van der Waals surface area contributed by atoms with Gasteiger partial charge in [0.15, 0.2) is 5.16 Å². The highest BCUT2D eigenvalue weighted by Gasteiger charge is 2.20. The van der Waals surface area contributed by atoms with Crippen molar-refractivity contribution in [1.29, 1.82) is 0 Å². The zero-order chi connectivity index (χ0) is 17.8. The summed E-state index contributed by atoms with van der Waals surface area (Å²) < 4.78 is 12.2. The molecule has 1 fully saturated rings. The van der Waals surface area contributed by atoms with Crippen LogP contribution in [0, 0.1) is 0 Å². The van der Waals surface area contributed by atoms with Crippen molar-refractivity contribution < 1.29 is 14.3 Å². The number of nitrogens with zero attached hydrogens (tertiary/aromatic N) is 2. The van der Waals surface area contributed by atoms with Crippen LogP contribution in [0.4, 0.5) is 0 Å². The number of benzene rings is 1. The number of carbonyl (C=O) groups excluding carboxylic acids is 1. The van der Waals surface area contributed by atoms with Gasteiger partial charge < -0.3 is 9.47 Å². The highest BCUT2D eigenvalue weighted by atomic mass is 32.2. The average molecular weight is 362 g/mol. The molecule has 1 atom stereocenters. The predicted octanol–water partition coefficient (Wildman–Crippen LogP) is 2.86. The molecule has 7 heteroatoms. The molecule has 0 spiro atoms. The van der Waals surface area contributed by atoms with Crippen LogP contribution in [0.25, 0.3) is 10.9 Å². The number of rotatable bonds is 6. The van der Waals surface area contributed by atoms with Crippen molar-refractivity contribution in [3.05, 3.63) is 34.1 Å². The van der Waals surface area contributed by atoms with Gasteiger partial charge in [0.25, 0.3) is 5.56 Å². The number of fused-ring (bicyclic) bond motifs is 1. The molecule has 1 aliphatic rings. The van der Waals surface area contributed by atoms with Gasteiger partial charge in [-0.25, -0.2) is 9.78 Å². The Morgan fingerprint density at radius 3 is 3.00 bits per heavy atom. The van der Waals surface area contributed by atoms with E-state index in [1.807, 2.05) is 0 Å². The van der Waals surface area contributed by atoms with Gasteiger partial charge in [-0.05, 0) is 37.5 Å². The normalized spacial score (nSPS) is 17.1. The summed E-state index contributed by atoms with van der Waals surface area (Å²) in [6.45, 7) is 3.36. The molecule has 3 rings (SSSR count). The van der Waals surface area contributed by atoms with Crippen molar-refractivity contribution in [1.82, 2.24) is 9.55 Å². The minimum Gasteiger partial charge on any atom is -0.465 e. The second kappa shape index (κ2) is 8.01. The molecule has 1 aromatic heterocycles. The number of ether oxygens (including phenoxy) is 2. The Hall–Kier alpha value is -1.86. The molecule has 0 radical (unpaired) electrons. The zero-order valence-corrected chi connectivity index (χ0v) is 15.3. The van der Waals surface area contributed by atoms with E-state index >= 15 is 0 Å². The zero-order valence-electron chi connectivity index (χ0n) is 14.5. The van der Waals surface area contributed by atoms with Crippen LogP contribution in [0.2, 0.25) is 0 Å². The van der Waals surface area contributed by atoms with Gasteiger partial charge in [-0.15, -0.1) is 0 Å². The van der Waals surface area contributed by atoms with Gasteiger partial charge in [0.05, 0.1) is 36.2 Å². The van der Waals surface area contributed by atoms with Crippen LogP contribution in [0.3, 0.4) is 0 Å². The molecule has 0 amide bonds. The summed E-state index contributed by atoms with van der Waals surface area (Å²) in [6, 6.07) is 4.87. The van der Waals surface area contributed by atoms with Gasteiger partial charge in [0.2, 0.25) is 0 Å². The minimum atomic E-state index is -0.435. The molecular weight excluding hydrogens is 340 g/mol. The molecular formula is C18H22N2O4S. The third kappa shape index (κ3) is 3.88. The fourth-order valence-electron chi connectivity index (χ4n) is 2.90. The van der Waals surface area contributed by atoms with Crippen molar-refractivity contribution in [3.8, 4) is 0 Å². The molecule has 0 N–H and O–H groups in total. The first-order valence-electron chi connectivity index (χ1n) is 8.51. The molecule has 2 aromatic rings. The lowest BCUT2D eigenvalue weighted by Gasteiger charge is -2.16. The van der Waals surface area contributed by atoms with E-state index in [1.54, 1.807) is 34.5 Å². The summed E-state index contributed by atoms with van der Waals surface area (Å²) in [5, 5.41) is 1.18. The predicted molar refractivity (Wildman–Crippen MR) is 97.3 cm³/mol. The smallest absolute Gasteiger partial charge is 0.337 e. The Labute approximate surface area is 150 Å². The first kappa shape index (κ1) is 17.9. The molecule has 2 heterocycles. The SMILES string of the molecule is CCCSc1nc2cc(C(=O)OC)ccc2c(=O)n1CC1CCCO1. The summed E-state index contributed by atoms with van der Waals surface area (Å²) in [4.78, 5) is 29.4. The number of methoxy groups -OCH3 is 1. The number of thioether (sulfide) groups is 1. The van der Waals surface area contributed by atoms with Crippen LogP contribution in [0.15, 0.2) is 28.2 Å². The fraction of sp³-hybridized carbons (Fsp3) is 0.500. The first-order valence-corrected chi connectivity index (χ1v) is 9.50. The van der Waals surface area contributed by atoms with E-state index in [-0.39, 0.29) is 11.7 Å². The Morgan fingerprint density at radius 2 is 2.32 bits per heavy atom. The average Bonchev–Trinajstić information content (AvgIpc) is 3.14. The maximum absolute atomic E-state index is 13.0. The van der Waals surface area contributed by atoms with E-state index < -0.39 is 5.97 Å². The maximum atomic E-state index is 13.0. The van der Waals surface area contributed by atoms with Gasteiger partial charge in [-0.2, -0.15) is 0 Å². The molecule has 6 nitrogen and oxygen atoms in total. The van der Waals surface area contributed by atoms with Crippen LogP contribution < -0.4 is 5.56 Å². The van der Waals surface area contributed by atoms with Crippen molar-refractivity contribution in [2.45, 2.75) is 44.0 Å². The largest absolute Gasteiger partial charge is 0.465 e. The summed E-state index contributed by atoms with van der Waals surface area (Å²) in [6.07, 6.45) is 3.04. The number of esters is 1. The van der Waals surface area contributed by atoms with E-state index in [4.69, 9.17) is 9.47 Å². The molecule has 1 aliphatic heterocycles. The lowest BCUT2D eigenvalue weighted by atomic mass is 10.1. The van der Waals surface area contributed by atoms with Crippen LogP contribution in [0.5, 0.6) is 0 Å². The van der Waals surface area contributed by atoms with E-state index in [1.165, 1.54) is 7.11 Å². The van der Waals surface area contributed by atoms with Crippen molar-refractivity contribution in [2.24, 2.45) is 0 Å². The summed E-state index contributed by atoms with van der Waals surface area (Å²) >= 11 is 1.56. The number of hydrogen-bond donors (Lipinski definition) is 0. The third-order valence-corrected chi connectivity index (χ3v) is 5.37. The molecule has 1 unspecified atom stereocenters. The van der Waals surface area contributed by atoms with Crippen molar-refractivity contribution in [3.63, 3.8) is 0 Å². The Bertz CT molecular complexity index is 828. The maximum Gasteiger partial charge on any atom is 0.337 e. The topological polar surface area (TPSA) is 70.4 Å². The monoisotopic (exact) mass is 362 g/mol. The molecule has 25 heavy (non-hydrogen) atoms. The number of hydrogen-bond acceptors (Lipinski definition) is 6. The van der Waals surface area contributed by atoms with Gasteiger partial charge in [0, 0.05) is 12.4 Å². The summed E-state index contributed by atoms with van der Waals surface area (Å²) in [7, 11) is 1.34. The molecule has 134 valence electrons. The molecule has 1 saturated heterocycles. The summed E-state index contributed by atoms with van der Waals surface area (Å²) in [5.74, 6) is 0.440. The van der Waals surface area contributed by atoms with E-state index in [0.717, 1.165) is 31.6 Å². The lowest BCUT2D eigenvalue weighted by Crippen LogP contribution is -2.29. The van der Waals surface area contributed by atoms with Crippen molar-refractivity contribution in [2.75, 3.05) is 19.5 Å². The standard InChI is InChI=1S/C18H22N2O4S/c1-3-9-25-18-19-15-10-12(17(22)23-2)6-7-14(15)16(21)20(18)11-13-5-4-8-24-13/h6-7,10,13H,3-5,8-9,11H2,1-2H3. The Morgan fingerprint density at radius 1 is 1.48 bits per heavy atom. The van der Waals surface area contributed by atoms with Crippen LogP contribution in [-0.2, 0) is 16.0 Å². The van der Waals surface area contributed by atoms with E-state index in [0.29, 0.717) is 28.2 Å². The van der Waals surface area contributed by atoms with Crippen LogP contribution in [0.1, 0.15) is 36.5 Å². The Balaban J connectivity index is 2.07. The number of carbonyl (C=O) groups is 1. The molecule has 0 saturated carbocycles. The quantitative estimate of drug-likeness (QED) is 0.447. The van der Waals surface area contributed by atoms with Crippen molar-refractivity contribution >= 4 is 28.6 Å². The highest BCUT2D eigenvalue weighted by Crippen LogP contribution is 2.22. The van der Waals surface area contributed by atoms with Crippen LogP contribution >= 0.6 is 11.8 Å². The van der Waals surface area contributed by atoms with E-state index in [9.17, 15) is 9.59 Å². The highest BCUT2D eigenvalue weighted by molar-refractivity contribution is 7.99. The second-order valence-corrected chi connectivity index (χ2v) is 7.08. The lowest BCUT2D eigenvalue weighted by molar-refractivity contribution is 0.0601. The molecule has 0 aliphatic carbocycles. The van der Waals surface area contributed by atoms with Gasteiger partial charge in [-0.3, -0.25) is 9.36 Å². The third-order valence-electron chi connectivity index (χ3n) is 4.19. The minimum absolute atomic E-state index is 0.0623. The van der Waals surface area contributed by atoms with E-state index in [2.05, 4.69) is 11.9 Å². The Kier molecular flexibility index (Phi) is 5.75. The first-order chi connectivity index (χ1) is 12.1. The van der Waals surface area contributed by atoms with Crippen LogP contribution in [-0.4, -0.2) is 41.1 Å². The summed E-state index contributed by atoms with van der Waals surface area (Å²) in [5.41, 5.74) is 0.829. The fourth-order valence-corrected chi connectivity index (χ4v) is 3.76. The van der Waals surface area contributed by atoms with Gasteiger partial charge in [-0.1, -0.05) is 18.7 Å². The number of aromatic nitrogens is 2. The molecule has 0 bridgehead atoms. The van der Waals surface area contributed by atoms with Gasteiger partial charge in [0.1, 0.15) is 0 Å².